The molecule has 0 amide bonds. The minimum Gasteiger partial charge on any atom is -0.320 e. The third-order valence-electron chi connectivity index (χ3n) is 3.05. The van der Waals surface area contributed by atoms with Crippen molar-refractivity contribution in [1.82, 2.24) is 10.2 Å². The fourth-order valence-electron chi connectivity index (χ4n) is 2.00. The normalized spacial score (nSPS) is 15.9. The van der Waals surface area contributed by atoms with E-state index in [-0.39, 0.29) is 0 Å². The summed E-state index contributed by atoms with van der Waals surface area (Å²) in [5, 5.41) is 3.19. The fourth-order valence-corrected chi connectivity index (χ4v) is 2.00. The average molecular weight is 210 g/mol. The summed E-state index contributed by atoms with van der Waals surface area (Å²) in [7, 11) is 2.03. The second-order valence-electron chi connectivity index (χ2n) is 4.53. The van der Waals surface area contributed by atoms with Gasteiger partial charge in [-0.3, -0.25) is 4.90 Å². The Morgan fingerprint density at radius 3 is 2.60 bits per heavy atom. The van der Waals surface area contributed by atoms with E-state index < -0.39 is 0 Å². The molecule has 0 bridgehead atoms. The molecule has 0 atom stereocenters. The van der Waals surface area contributed by atoms with E-state index in [2.05, 4.69) is 16.8 Å². The van der Waals surface area contributed by atoms with Crippen molar-refractivity contribution < 1.29 is 0 Å². The molecule has 2 nitrogen and oxygen atoms in total. The van der Waals surface area contributed by atoms with Crippen LogP contribution in [0, 0.1) is 0 Å². The van der Waals surface area contributed by atoms with E-state index in [1.165, 1.54) is 51.6 Å². The molecule has 1 N–H and O–H groups in total. The summed E-state index contributed by atoms with van der Waals surface area (Å²) in [5.41, 5.74) is 0. The zero-order valence-electron chi connectivity index (χ0n) is 10.2. The molecule has 1 aliphatic carbocycles. The van der Waals surface area contributed by atoms with Crippen LogP contribution in [0.15, 0.2) is 12.7 Å². The monoisotopic (exact) mass is 210 g/mol. The van der Waals surface area contributed by atoms with Gasteiger partial charge in [0.1, 0.15) is 0 Å². The average Bonchev–Trinajstić information content (AvgIpc) is 3.05. The van der Waals surface area contributed by atoms with Crippen LogP contribution in [0.1, 0.15) is 38.5 Å². The highest BCUT2D eigenvalue weighted by molar-refractivity contribution is 4.87. The maximum Gasteiger partial charge on any atom is 0.0163 e. The largest absolute Gasteiger partial charge is 0.320 e. The Balaban J connectivity index is 1.94. The Kier molecular flexibility index (Phi) is 6.69. The lowest BCUT2D eigenvalue weighted by Gasteiger charge is -2.19. The first kappa shape index (κ1) is 12.7. The van der Waals surface area contributed by atoms with Gasteiger partial charge in [0.2, 0.25) is 0 Å². The van der Waals surface area contributed by atoms with Crippen LogP contribution in [-0.2, 0) is 0 Å². The van der Waals surface area contributed by atoms with Crippen LogP contribution >= 0.6 is 0 Å². The second-order valence-corrected chi connectivity index (χ2v) is 4.53. The van der Waals surface area contributed by atoms with Crippen molar-refractivity contribution in [2.24, 2.45) is 0 Å². The molecule has 0 aliphatic heterocycles. The van der Waals surface area contributed by atoms with Gasteiger partial charge < -0.3 is 5.32 Å². The lowest BCUT2D eigenvalue weighted by molar-refractivity contribution is 0.284. The highest BCUT2D eigenvalue weighted by Crippen LogP contribution is 2.26. The first-order valence-electron chi connectivity index (χ1n) is 6.38. The molecule has 88 valence electrons. The van der Waals surface area contributed by atoms with Crippen LogP contribution in [0.2, 0.25) is 0 Å². The highest BCUT2D eigenvalue weighted by Gasteiger charge is 2.27. The molecule has 0 spiro atoms. The Bertz CT molecular complexity index is 164. The molecule has 1 fully saturated rings. The third kappa shape index (κ3) is 5.95. The molecule has 0 heterocycles. The van der Waals surface area contributed by atoms with Crippen molar-refractivity contribution in [3.05, 3.63) is 12.7 Å². The first-order chi connectivity index (χ1) is 7.38. The molecule has 0 aromatic heterocycles. The summed E-state index contributed by atoms with van der Waals surface area (Å²) >= 11 is 0. The maximum absolute atomic E-state index is 3.83. The minimum absolute atomic E-state index is 0.889. The van der Waals surface area contributed by atoms with Gasteiger partial charge in [0.15, 0.2) is 0 Å². The molecule has 0 saturated heterocycles. The van der Waals surface area contributed by atoms with Gasteiger partial charge >= 0.3 is 0 Å². The molecule has 0 aromatic carbocycles. The number of nitrogens with one attached hydrogen (secondary N) is 1. The Morgan fingerprint density at radius 1 is 1.27 bits per heavy atom. The van der Waals surface area contributed by atoms with Crippen LogP contribution < -0.4 is 5.32 Å². The molecular weight excluding hydrogens is 184 g/mol. The van der Waals surface area contributed by atoms with Crippen molar-refractivity contribution in [3.8, 4) is 0 Å². The van der Waals surface area contributed by atoms with Gasteiger partial charge in [0, 0.05) is 12.6 Å². The molecule has 1 rings (SSSR count). The minimum atomic E-state index is 0.889. The first-order valence-corrected chi connectivity index (χ1v) is 6.38. The standard InChI is InChI=1S/C13H26N2/c1-3-11-15(13-8-9-13)12-7-5-4-6-10-14-2/h3,13-14H,1,4-12H2,2H3. The zero-order chi connectivity index (χ0) is 10.9. The van der Waals surface area contributed by atoms with E-state index >= 15 is 0 Å². The van der Waals surface area contributed by atoms with E-state index in [9.17, 15) is 0 Å². The molecule has 0 radical (unpaired) electrons. The van der Waals surface area contributed by atoms with Gasteiger partial charge in [-0.1, -0.05) is 18.9 Å². The zero-order valence-corrected chi connectivity index (χ0v) is 10.2. The van der Waals surface area contributed by atoms with Gasteiger partial charge in [0.05, 0.1) is 0 Å². The summed E-state index contributed by atoms with van der Waals surface area (Å²) in [4.78, 5) is 2.59. The predicted octanol–water partition coefficient (Wildman–Crippen LogP) is 2.42. The van der Waals surface area contributed by atoms with E-state index in [1.54, 1.807) is 0 Å². The maximum atomic E-state index is 3.83. The van der Waals surface area contributed by atoms with Crippen LogP contribution in [0.4, 0.5) is 0 Å². The summed E-state index contributed by atoms with van der Waals surface area (Å²) in [6.45, 7) is 7.35. The number of nitrogens with zero attached hydrogens (tertiary/aromatic N) is 1. The van der Waals surface area contributed by atoms with Crippen molar-refractivity contribution >= 4 is 0 Å². The molecule has 0 aromatic rings. The lowest BCUT2D eigenvalue weighted by Crippen LogP contribution is -2.27. The van der Waals surface area contributed by atoms with Gasteiger partial charge in [-0.2, -0.15) is 0 Å². The van der Waals surface area contributed by atoms with Gasteiger partial charge in [-0.05, 0) is 45.8 Å². The number of unbranched alkanes of at least 4 members (excludes halogenated alkanes) is 3. The third-order valence-corrected chi connectivity index (χ3v) is 3.05. The predicted molar refractivity (Wildman–Crippen MR) is 67.2 cm³/mol. The van der Waals surface area contributed by atoms with Gasteiger partial charge in [-0.25, -0.2) is 0 Å². The van der Waals surface area contributed by atoms with Crippen LogP contribution in [0.5, 0.6) is 0 Å². The molecule has 0 unspecified atom stereocenters. The quantitative estimate of drug-likeness (QED) is 0.440. The van der Waals surface area contributed by atoms with E-state index in [1.807, 2.05) is 13.1 Å². The topological polar surface area (TPSA) is 15.3 Å². The molecule has 15 heavy (non-hydrogen) atoms. The second kappa shape index (κ2) is 7.89. The number of hydrogen-bond acceptors (Lipinski definition) is 2. The van der Waals surface area contributed by atoms with E-state index in [0.717, 1.165) is 12.6 Å². The summed E-state index contributed by atoms with van der Waals surface area (Å²) in [6, 6.07) is 0.889. The Labute approximate surface area is 94.7 Å². The number of hydrogen-bond donors (Lipinski definition) is 1. The molecule has 1 saturated carbocycles. The summed E-state index contributed by atoms with van der Waals surface area (Å²) in [5.74, 6) is 0. The van der Waals surface area contributed by atoms with Crippen molar-refractivity contribution in [2.75, 3.05) is 26.7 Å². The summed E-state index contributed by atoms with van der Waals surface area (Å²) in [6.07, 6.45) is 10.3. The molecule has 1 aliphatic rings. The highest BCUT2D eigenvalue weighted by atomic mass is 15.2. The molecular formula is C13H26N2. The fraction of sp³-hybridized carbons (Fsp3) is 0.846. The smallest absolute Gasteiger partial charge is 0.0163 e. The van der Waals surface area contributed by atoms with Gasteiger partial charge in [0.25, 0.3) is 0 Å². The van der Waals surface area contributed by atoms with Gasteiger partial charge in [-0.15, -0.1) is 6.58 Å². The van der Waals surface area contributed by atoms with Crippen LogP contribution in [0.3, 0.4) is 0 Å². The van der Waals surface area contributed by atoms with Crippen LogP contribution in [-0.4, -0.2) is 37.6 Å². The molecule has 2 heteroatoms. The van der Waals surface area contributed by atoms with E-state index in [4.69, 9.17) is 0 Å². The van der Waals surface area contributed by atoms with E-state index in [0.29, 0.717) is 0 Å². The SMILES string of the molecule is C=CCN(CCCCCCNC)C1CC1. The van der Waals surface area contributed by atoms with Crippen LogP contribution in [0.25, 0.3) is 0 Å². The lowest BCUT2D eigenvalue weighted by atomic mass is 10.2. The number of rotatable bonds is 10. The Hall–Kier alpha value is -0.340. The Morgan fingerprint density at radius 2 is 2.00 bits per heavy atom. The van der Waals surface area contributed by atoms with Crippen molar-refractivity contribution in [1.29, 1.82) is 0 Å². The van der Waals surface area contributed by atoms with Crippen molar-refractivity contribution in [2.45, 2.75) is 44.6 Å². The summed E-state index contributed by atoms with van der Waals surface area (Å²) < 4.78 is 0. The van der Waals surface area contributed by atoms with Crippen molar-refractivity contribution in [3.63, 3.8) is 0 Å².